The van der Waals surface area contributed by atoms with Crippen LogP contribution in [-0.2, 0) is 4.79 Å². The zero-order valence-corrected chi connectivity index (χ0v) is 13.3. The van der Waals surface area contributed by atoms with Crippen LogP contribution in [0, 0.1) is 11.8 Å². The smallest absolute Gasteiger partial charge is 0.306 e. The maximum Gasteiger partial charge on any atom is 0.306 e. The zero-order chi connectivity index (χ0) is 14.5. The molecule has 0 aliphatic rings. The van der Waals surface area contributed by atoms with Crippen LogP contribution in [-0.4, -0.2) is 11.1 Å². The largest absolute Gasteiger partial charge is 0.481 e. The first kappa shape index (κ1) is 18.5. The Hall–Kier alpha value is -0.530. The number of carbonyl (C=O) groups is 1. The monoisotopic (exact) mass is 270 g/mol. The standard InChI is InChI=1S/C17H34O2/c1-4-5-6-7-8-9-10-12-15(2)13-11-14-16(3)17(18)19/h15-16H,4-14H2,1-3H3,(H,18,19). The van der Waals surface area contributed by atoms with E-state index < -0.39 is 5.97 Å². The molecule has 0 radical (unpaired) electrons. The fourth-order valence-electron chi connectivity index (χ4n) is 2.49. The number of hydrogen-bond donors (Lipinski definition) is 1. The van der Waals surface area contributed by atoms with Crippen molar-refractivity contribution in [1.29, 1.82) is 0 Å². The van der Waals surface area contributed by atoms with Crippen LogP contribution in [0.1, 0.15) is 91.4 Å². The van der Waals surface area contributed by atoms with Gasteiger partial charge in [-0.1, -0.05) is 85.0 Å². The van der Waals surface area contributed by atoms with Crippen LogP contribution in [0.2, 0.25) is 0 Å². The van der Waals surface area contributed by atoms with Gasteiger partial charge in [0.25, 0.3) is 0 Å². The number of carboxylic acid groups (broad SMARTS) is 1. The van der Waals surface area contributed by atoms with Gasteiger partial charge in [-0.15, -0.1) is 0 Å². The summed E-state index contributed by atoms with van der Waals surface area (Å²) >= 11 is 0. The fraction of sp³-hybridized carbons (Fsp3) is 0.941. The molecule has 0 heterocycles. The molecule has 0 aromatic heterocycles. The quantitative estimate of drug-likeness (QED) is 0.439. The summed E-state index contributed by atoms with van der Waals surface area (Å²) in [5.41, 5.74) is 0. The Balaban J connectivity index is 3.30. The summed E-state index contributed by atoms with van der Waals surface area (Å²) < 4.78 is 0. The van der Waals surface area contributed by atoms with Gasteiger partial charge in [0.05, 0.1) is 5.92 Å². The fourth-order valence-corrected chi connectivity index (χ4v) is 2.49. The second kappa shape index (κ2) is 12.5. The van der Waals surface area contributed by atoms with Gasteiger partial charge in [0.15, 0.2) is 0 Å². The van der Waals surface area contributed by atoms with Crippen LogP contribution >= 0.6 is 0 Å². The second-order valence-electron chi connectivity index (χ2n) is 6.19. The highest BCUT2D eigenvalue weighted by Gasteiger charge is 2.11. The minimum atomic E-state index is -0.653. The number of aliphatic carboxylic acids is 1. The van der Waals surface area contributed by atoms with E-state index in [0.29, 0.717) is 0 Å². The third-order valence-corrected chi connectivity index (χ3v) is 4.06. The Morgan fingerprint density at radius 3 is 1.95 bits per heavy atom. The molecular weight excluding hydrogens is 236 g/mol. The lowest BCUT2D eigenvalue weighted by molar-refractivity contribution is -0.141. The summed E-state index contributed by atoms with van der Waals surface area (Å²) in [6.07, 6.45) is 14.0. The maximum absolute atomic E-state index is 10.7. The summed E-state index contributed by atoms with van der Waals surface area (Å²) in [5.74, 6) is -0.0675. The normalized spacial score (nSPS) is 14.3. The van der Waals surface area contributed by atoms with E-state index >= 15 is 0 Å². The van der Waals surface area contributed by atoms with Crippen molar-refractivity contribution >= 4 is 5.97 Å². The lowest BCUT2D eigenvalue weighted by atomic mass is 9.94. The van der Waals surface area contributed by atoms with Gasteiger partial charge in [-0.2, -0.15) is 0 Å². The van der Waals surface area contributed by atoms with Crippen molar-refractivity contribution in [2.75, 3.05) is 0 Å². The summed E-state index contributed by atoms with van der Waals surface area (Å²) in [6.45, 7) is 6.37. The van der Waals surface area contributed by atoms with Crippen LogP contribution in [0.4, 0.5) is 0 Å². The van der Waals surface area contributed by atoms with E-state index in [9.17, 15) is 4.79 Å². The lowest BCUT2D eigenvalue weighted by Gasteiger charge is -2.12. The van der Waals surface area contributed by atoms with Gasteiger partial charge >= 0.3 is 5.97 Å². The molecule has 2 unspecified atom stereocenters. The van der Waals surface area contributed by atoms with Gasteiger partial charge in [-0.3, -0.25) is 4.79 Å². The first-order valence-corrected chi connectivity index (χ1v) is 8.30. The van der Waals surface area contributed by atoms with Crippen molar-refractivity contribution in [1.82, 2.24) is 0 Å². The summed E-state index contributed by atoms with van der Waals surface area (Å²) in [5, 5.41) is 8.81. The second-order valence-corrected chi connectivity index (χ2v) is 6.19. The first-order valence-electron chi connectivity index (χ1n) is 8.30. The first-order chi connectivity index (χ1) is 9.07. The Bertz CT molecular complexity index is 213. The van der Waals surface area contributed by atoms with E-state index in [2.05, 4.69) is 13.8 Å². The molecule has 0 spiro atoms. The minimum Gasteiger partial charge on any atom is -0.481 e. The van der Waals surface area contributed by atoms with Crippen LogP contribution < -0.4 is 0 Å². The molecule has 0 aromatic rings. The minimum absolute atomic E-state index is 0.175. The van der Waals surface area contributed by atoms with Crippen molar-refractivity contribution in [2.45, 2.75) is 91.4 Å². The van der Waals surface area contributed by atoms with Gasteiger partial charge < -0.3 is 5.11 Å². The molecule has 0 saturated heterocycles. The van der Waals surface area contributed by atoms with E-state index in [0.717, 1.165) is 18.8 Å². The van der Waals surface area contributed by atoms with Crippen molar-refractivity contribution in [3.63, 3.8) is 0 Å². The van der Waals surface area contributed by atoms with Gasteiger partial charge in [-0.05, 0) is 12.3 Å². The van der Waals surface area contributed by atoms with Crippen LogP contribution in [0.25, 0.3) is 0 Å². The van der Waals surface area contributed by atoms with Gasteiger partial charge in [0, 0.05) is 0 Å². The van der Waals surface area contributed by atoms with Gasteiger partial charge in [0.2, 0.25) is 0 Å². The lowest BCUT2D eigenvalue weighted by Crippen LogP contribution is -2.09. The van der Waals surface area contributed by atoms with Crippen molar-refractivity contribution in [3.05, 3.63) is 0 Å². The molecule has 0 saturated carbocycles. The Kier molecular flexibility index (Phi) is 12.2. The Morgan fingerprint density at radius 1 is 0.842 bits per heavy atom. The Morgan fingerprint density at radius 2 is 1.37 bits per heavy atom. The average molecular weight is 270 g/mol. The number of rotatable bonds is 13. The van der Waals surface area contributed by atoms with Crippen LogP contribution in [0.15, 0.2) is 0 Å². The van der Waals surface area contributed by atoms with Crippen molar-refractivity contribution in [3.8, 4) is 0 Å². The predicted molar refractivity (Wildman–Crippen MR) is 82.4 cm³/mol. The van der Waals surface area contributed by atoms with E-state index in [4.69, 9.17) is 5.11 Å². The molecule has 0 rings (SSSR count). The highest BCUT2D eigenvalue weighted by molar-refractivity contribution is 5.69. The molecule has 0 aromatic carbocycles. The predicted octanol–water partition coefficient (Wildman–Crippen LogP) is 5.65. The molecule has 19 heavy (non-hydrogen) atoms. The summed E-state index contributed by atoms with van der Waals surface area (Å²) in [6, 6.07) is 0. The summed E-state index contributed by atoms with van der Waals surface area (Å²) in [4.78, 5) is 10.7. The molecular formula is C17H34O2. The molecule has 0 amide bonds. The highest BCUT2D eigenvalue weighted by atomic mass is 16.4. The molecule has 114 valence electrons. The number of hydrogen-bond acceptors (Lipinski definition) is 1. The molecule has 0 aliphatic carbocycles. The molecule has 2 atom stereocenters. The molecule has 0 aliphatic heterocycles. The van der Waals surface area contributed by atoms with Crippen LogP contribution in [0.5, 0.6) is 0 Å². The molecule has 2 heteroatoms. The number of carboxylic acids is 1. The third kappa shape index (κ3) is 12.3. The SMILES string of the molecule is CCCCCCCCCC(C)CCCC(C)C(=O)O. The molecule has 2 nitrogen and oxygen atoms in total. The highest BCUT2D eigenvalue weighted by Crippen LogP contribution is 2.19. The number of unbranched alkanes of at least 4 members (excludes halogenated alkanes) is 6. The third-order valence-electron chi connectivity index (χ3n) is 4.06. The van der Waals surface area contributed by atoms with E-state index in [1.165, 1.54) is 57.8 Å². The molecule has 0 fully saturated rings. The van der Waals surface area contributed by atoms with Gasteiger partial charge in [0.1, 0.15) is 0 Å². The van der Waals surface area contributed by atoms with Crippen molar-refractivity contribution in [2.24, 2.45) is 11.8 Å². The Labute approximate surface area is 120 Å². The maximum atomic E-state index is 10.7. The molecule has 0 bridgehead atoms. The topological polar surface area (TPSA) is 37.3 Å². The van der Waals surface area contributed by atoms with Crippen LogP contribution in [0.3, 0.4) is 0 Å². The zero-order valence-electron chi connectivity index (χ0n) is 13.3. The molecule has 1 N–H and O–H groups in total. The average Bonchev–Trinajstić information content (AvgIpc) is 2.37. The summed E-state index contributed by atoms with van der Waals surface area (Å²) in [7, 11) is 0. The van der Waals surface area contributed by atoms with E-state index in [-0.39, 0.29) is 5.92 Å². The van der Waals surface area contributed by atoms with E-state index in [1.807, 2.05) is 6.92 Å². The van der Waals surface area contributed by atoms with E-state index in [1.54, 1.807) is 0 Å². The van der Waals surface area contributed by atoms with Crippen molar-refractivity contribution < 1.29 is 9.90 Å². The van der Waals surface area contributed by atoms with Gasteiger partial charge in [-0.25, -0.2) is 0 Å².